The summed E-state index contributed by atoms with van der Waals surface area (Å²) in [5.74, 6) is -0.314. The van der Waals surface area contributed by atoms with E-state index >= 15 is 0 Å². The van der Waals surface area contributed by atoms with Gasteiger partial charge < -0.3 is 9.72 Å². The van der Waals surface area contributed by atoms with Gasteiger partial charge in [-0.15, -0.1) is 0 Å². The van der Waals surface area contributed by atoms with Crippen LogP contribution in [0.15, 0.2) is 48.7 Å². The van der Waals surface area contributed by atoms with E-state index in [0.29, 0.717) is 24.2 Å². The van der Waals surface area contributed by atoms with Crippen molar-refractivity contribution in [3.63, 3.8) is 0 Å². The fourth-order valence-corrected chi connectivity index (χ4v) is 2.49. The largest absolute Gasteiger partial charge is 0.464 e. The highest BCUT2D eigenvalue weighted by molar-refractivity contribution is 5.94. The predicted octanol–water partition coefficient (Wildman–Crippen LogP) is 2.70. The van der Waals surface area contributed by atoms with Crippen LogP contribution in [-0.4, -0.2) is 28.8 Å². The number of carbonyl (C=O) groups excluding carboxylic acids is 2. The quantitative estimate of drug-likeness (QED) is 0.736. The van der Waals surface area contributed by atoms with E-state index < -0.39 is 5.97 Å². The Bertz CT molecular complexity index is 853. The maximum absolute atomic E-state index is 12.2. The van der Waals surface area contributed by atoms with E-state index in [1.165, 1.54) is 7.11 Å². The van der Waals surface area contributed by atoms with Crippen molar-refractivity contribution in [1.82, 2.24) is 9.97 Å². The Morgan fingerprint density at radius 2 is 1.83 bits per heavy atom. The number of ether oxygens (including phenoxy) is 1. The number of carbonyl (C=O) groups is 2. The highest BCUT2D eigenvalue weighted by Crippen LogP contribution is 2.16. The number of pyridine rings is 1. The Morgan fingerprint density at radius 1 is 1.09 bits per heavy atom. The molecule has 3 aromatic rings. The summed E-state index contributed by atoms with van der Waals surface area (Å²) in [7, 11) is 1.33. The van der Waals surface area contributed by atoms with Crippen LogP contribution >= 0.6 is 0 Å². The summed E-state index contributed by atoms with van der Waals surface area (Å²) in [5.41, 5.74) is 2.78. The Morgan fingerprint density at radius 3 is 2.57 bits per heavy atom. The molecule has 0 unspecified atom stereocenters. The predicted molar refractivity (Wildman–Crippen MR) is 86.3 cm³/mol. The maximum atomic E-state index is 12.2. The van der Waals surface area contributed by atoms with Gasteiger partial charge in [0, 0.05) is 24.4 Å². The van der Waals surface area contributed by atoms with Crippen LogP contribution in [0.5, 0.6) is 0 Å². The maximum Gasteiger partial charge on any atom is 0.354 e. The third kappa shape index (κ3) is 3.45. The molecule has 0 aliphatic heterocycles. The molecule has 0 atom stereocenters. The summed E-state index contributed by atoms with van der Waals surface area (Å²) >= 11 is 0. The van der Waals surface area contributed by atoms with Gasteiger partial charge in [-0.05, 0) is 23.3 Å². The minimum atomic E-state index is -0.440. The molecule has 0 bridgehead atoms. The highest BCUT2D eigenvalue weighted by Gasteiger charge is 2.12. The van der Waals surface area contributed by atoms with Gasteiger partial charge in [-0.25, -0.2) is 9.78 Å². The third-order valence-electron chi connectivity index (χ3n) is 3.58. The summed E-state index contributed by atoms with van der Waals surface area (Å²) in [6, 6.07) is 13.2. The Balaban J connectivity index is 1.75. The molecule has 0 radical (unpaired) electrons. The first-order valence-corrected chi connectivity index (χ1v) is 7.27. The van der Waals surface area contributed by atoms with Crippen LogP contribution in [0.25, 0.3) is 11.0 Å². The van der Waals surface area contributed by atoms with Crippen LogP contribution in [0.3, 0.4) is 0 Å². The van der Waals surface area contributed by atoms with E-state index in [0.717, 1.165) is 16.5 Å². The van der Waals surface area contributed by atoms with Gasteiger partial charge in [0.15, 0.2) is 0 Å². The van der Waals surface area contributed by atoms with Gasteiger partial charge in [-0.1, -0.05) is 30.3 Å². The molecule has 23 heavy (non-hydrogen) atoms. The zero-order valence-electron chi connectivity index (χ0n) is 12.7. The van der Waals surface area contributed by atoms with Crippen molar-refractivity contribution >= 4 is 22.8 Å². The van der Waals surface area contributed by atoms with E-state index in [-0.39, 0.29) is 5.78 Å². The molecule has 0 aliphatic carbocycles. The fraction of sp³-hybridized carbons (Fsp3) is 0.167. The molecule has 1 aromatic carbocycles. The summed E-state index contributed by atoms with van der Waals surface area (Å²) in [4.78, 5) is 30.8. The molecule has 0 aliphatic rings. The average Bonchev–Trinajstić information content (AvgIpc) is 2.98. The monoisotopic (exact) mass is 308 g/mol. The van der Waals surface area contributed by atoms with Gasteiger partial charge in [-0.3, -0.25) is 4.79 Å². The average molecular weight is 308 g/mol. The number of H-pyrrole nitrogens is 1. The van der Waals surface area contributed by atoms with Crippen molar-refractivity contribution in [2.24, 2.45) is 0 Å². The molecule has 3 rings (SSSR count). The van der Waals surface area contributed by atoms with Crippen molar-refractivity contribution in [3.8, 4) is 0 Å². The van der Waals surface area contributed by atoms with Gasteiger partial charge in [0.25, 0.3) is 0 Å². The van der Waals surface area contributed by atoms with Crippen molar-refractivity contribution in [2.75, 3.05) is 7.11 Å². The number of rotatable bonds is 5. The van der Waals surface area contributed by atoms with Gasteiger partial charge in [0.05, 0.1) is 7.11 Å². The number of aromatic amines is 1. The number of fused-ring (bicyclic) bond motifs is 1. The lowest BCUT2D eigenvalue weighted by molar-refractivity contribution is -0.117. The van der Waals surface area contributed by atoms with E-state index in [9.17, 15) is 9.59 Å². The highest BCUT2D eigenvalue weighted by atomic mass is 16.5. The summed E-state index contributed by atoms with van der Waals surface area (Å²) < 4.78 is 4.67. The molecule has 0 saturated heterocycles. The fourth-order valence-electron chi connectivity index (χ4n) is 2.49. The first-order valence-electron chi connectivity index (χ1n) is 7.27. The normalized spacial score (nSPS) is 10.7. The second-order valence-electron chi connectivity index (χ2n) is 5.33. The zero-order valence-corrected chi connectivity index (χ0v) is 12.7. The SMILES string of the molecule is COC(=O)c1cc2cc(CC(=O)Cc3ccccc3)cnc2[nH]1. The van der Waals surface area contributed by atoms with Crippen molar-refractivity contribution in [2.45, 2.75) is 12.8 Å². The lowest BCUT2D eigenvalue weighted by atomic mass is 10.0. The lowest BCUT2D eigenvalue weighted by Gasteiger charge is -2.02. The molecule has 2 aromatic heterocycles. The van der Waals surface area contributed by atoms with Crippen LogP contribution < -0.4 is 0 Å². The van der Waals surface area contributed by atoms with Crippen LogP contribution in [0.2, 0.25) is 0 Å². The topological polar surface area (TPSA) is 72.1 Å². The van der Waals surface area contributed by atoms with Crippen molar-refractivity contribution < 1.29 is 14.3 Å². The minimum absolute atomic E-state index is 0.126. The molecular weight excluding hydrogens is 292 g/mol. The van der Waals surface area contributed by atoms with E-state index in [1.807, 2.05) is 36.4 Å². The number of esters is 1. The molecule has 116 valence electrons. The number of benzene rings is 1. The van der Waals surface area contributed by atoms with E-state index in [2.05, 4.69) is 14.7 Å². The van der Waals surface area contributed by atoms with Crippen LogP contribution in [-0.2, 0) is 22.4 Å². The number of hydrogen-bond donors (Lipinski definition) is 1. The number of ketones is 1. The molecular formula is C18H16N2O3. The van der Waals surface area contributed by atoms with Crippen LogP contribution in [0.1, 0.15) is 21.6 Å². The van der Waals surface area contributed by atoms with E-state index in [1.54, 1.807) is 12.3 Å². The van der Waals surface area contributed by atoms with E-state index in [4.69, 9.17) is 0 Å². The van der Waals surface area contributed by atoms with Crippen molar-refractivity contribution in [3.05, 3.63) is 65.5 Å². The number of nitrogens with one attached hydrogen (secondary N) is 1. The number of hydrogen-bond acceptors (Lipinski definition) is 4. The molecule has 2 heterocycles. The van der Waals surface area contributed by atoms with Crippen LogP contribution in [0, 0.1) is 0 Å². The molecule has 0 amide bonds. The van der Waals surface area contributed by atoms with Gasteiger partial charge in [0.2, 0.25) is 0 Å². The summed E-state index contributed by atoms with van der Waals surface area (Å²) in [6.07, 6.45) is 2.37. The second-order valence-corrected chi connectivity index (χ2v) is 5.33. The summed E-state index contributed by atoms with van der Waals surface area (Å²) in [5, 5.41) is 0.787. The molecule has 0 fully saturated rings. The Hall–Kier alpha value is -2.95. The standard InChI is InChI=1S/C18H16N2O3/c1-23-18(22)16-10-14-7-13(11-19-17(14)20-16)9-15(21)8-12-5-3-2-4-6-12/h2-7,10-11H,8-9H2,1H3,(H,19,20). The van der Waals surface area contributed by atoms with Gasteiger partial charge in [-0.2, -0.15) is 0 Å². The first kappa shape index (κ1) is 15.0. The number of nitrogens with zero attached hydrogens (tertiary/aromatic N) is 1. The number of Topliss-reactive ketones (excluding diaryl/α,β-unsaturated/α-hetero) is 1. The number of methoxy groups -OCH3 is 1. The Labute approximate surface area is 133 Å². The number of aromatic nitrogens is 2. The second kappa shape index (κ2) is 6.44. The van der Waals surface area contributed by atoms with Crippen molar-refractivity contribution in [1.29, 1.82) is 0 Å². The molecule has 5 nitrogen and oxygen atoms in total. The summed E-state index contributed by atoms with van der Waals surface area (Å²) in [6.45, 7) is 0. The Kier molecular flexibility index (Phi) is 4.19. The first-order chi connectivity index (χ1) is 11.2. The lowest BCUT2D eigenvalue weighted by Crippen LogP contribution is -2.06. The molecule has 1 N–H and O–H groups in total. The van der Waals surface area contributed by atoms with Gasteiger partial charge in [0.1, 0.15) is 17.1 Å². The smallest absolute Gasteiger partial charge is 0.354 e. The molecule has 0 spiro atoms. The molecule has 0 saturated carbocycles. The van der Waals surface area contributed by atoms with Crippen LogP contribution in [0.4, 0.5) is 0 Å². The third-order valence-corrected chi connectivity index (χ3v) is 3.58. The zero-order chi connectivity index (χ0) is 16.2. The minimum Gasteiger partial charge on any atom is -0.464 e. The van der Waals surface area contributed by atoms with Gasteiger partial charge >= 0.3 is 5.97 Å². The molecule has 5 heteroatoms.